The van der Waals surface area contributed by atoms with Crippen LogP contribution in [-0.2, 0) is 0 Å². The molecule has 0 saturated heterocycles. The Balaban J connectivity index is 2.61. The first kappa shape index (κ1) is 12.3. The van der Waals surface area contributed by atoms with Crippen molar-refractivity contribution in [2.75, 3.05) is 19.5 Å². The number of hydrogen-bond acceptors (Lipinski definition) is 5. The molecule has 0 amide bonds. The highest BCUT2D eigenvalue weighted by Crippen LogP contribution is 2.30. The molecule has 0 spiro atoms. The monoisotopic (exact) mass is 244 g/mol. The molecule has 2 aromatic heterocycles. The van der Waals surface area contributed by atoms with E-state index in [9.17, 15) is 0 Å². The lowest BCUT2D eigenvalue weighted by molar-refractivity contribution is 0.414. The van der Waals surface area contributed by atoms with Gasteiger partial charge < -0.3 is 10.1 Å². The van der Waals surface area contributed by atoms with Crippen molar-refractivity contribution in [1.29, 1.82) is 0 Å². The zero-order valence-electron chi connectivity index (χ0n) is 11.0. The molecular formula is C13H16N4O. The van der Waals surface area contributed by atoms with Crippen LogP contribution in [0.2, 0.25) is 0 Å². The number of ether oxygens (including phenoxy) is 1. The van der Waals surface area contributed by atoms with Crippen LogP contribution in [0, 0.1) is 13.8 Å². The van der Waals surface area contributed by atoms with E-state index in [4.69, 9.17) is 4.74 Å². The fourth-order valence-corrected chi connectivity index (χ4v) is 1.80. The summed E-state index contributed by atoms with van der Waals surface area (Å²) in [6.07, 6.45) is 1.72. The van der Waals surface area contributed by atoms with E-state index in [2.05, 4.69) is 20.5 Å². The Morgan fingerprint density at radius 1 is 1.11 bits per heavy atom. The first-order chi connectivity index (χ1) is 8.69. The molecule has 0 saturated carbocycles. The molecule has 5 nitrogen and oxygen atoms in total. The normalized spacial score (nSPS) is 10.2. The van der Waals surface area contributed by atoms with Gasteiger partial charge in [-0.05, 0) is 37.1 Å². The average Bonchev–Trinajstić information content (AvgIpc) is 2.42. The van der Waals surface area contributed by atoms with E-state index in [1.54, 1.807) is 13.3 Å². The van der Waals surface area contributed by atoms with Gasteiger partial charge in [0, 0.05) is 13.2 Å². The summed E-state index contributed by atoms with van der Waals surface area (Å²) in [5.41, 5.74) is 3.58. The molecule has 2 heterocycles. The lowest BCUT2D eigenvalue weighted by Gasteiger charge is -2.12. The van der Waals surface area contributed by atoms with Gasteiger partial charge in [-0.2, -0.15) is 0 Å². The minimum absolute atomic E-state index is 0.700. The molecule has 0 bridgehead atoms. The first-order valence-corrected chi connectivity index (χ1v) is 5.70. The molecule has 94 valence electrons. The van der Waals surface area contributed by atoms with E-state index in [1.165, 1.54) is 0 Å². The average molecular weight is 244 g/mol. The van der Waals surface area contributed by atoms with Crippen LogP contribution in [0.1, 0.15) is 11.1 Å². The van der Waals surface area contributed by atoms with Gasteiger partial charge in [0.15, 0.2) is 5.82 Å². The van der Waals surface area contributed by atoms with E-state index in [-0.39, 0.29) is 0 Å². The van der Waals surface area contributed by atoms with Gasteiger partial charge in [-0.25, -0.2) is 0 Å². The molecule has 0 aliphatic heterocycles. The number of aromatic nitrogens is 3. The second-order valence-corrected chi connectivity index (χ2v) is 3.95. The summed E-state index contributed by atoms with van der Waals surface area (Å²) in [7, 11) is 3.45. The molecule has 1 N–H and O–H groups in total. The van der Waals surface area contributed by atoms with Crippen LogP contribution in [0.5, 0.6) is 5.75 Å². The Morgan fingerprint density at radius 2 is 1.89 bits per heavy atom. The minimum Gasteiger partial charge on any atom is -0.494 e. The number of rotatable bonds is 3. The summed E-state index contributed by atoms with van der Waals surface area (Å²) in [5.74, 6) is 1.48. The van der Waals surface area contributed by atoms with Crippen molar-refractivity contribution >= 4 is 5.82 Å². The molecule has 0 aliphatic carbocycles. The van der Waals surface area contributed by atoms with E-state index >= 15 is 0 Å². The van der Waals surface area contributed by atoms with Gasteiger partial charge in [-0.3, -0.25) is 4.98 Å². The first-order valence-electron chi connectivity index (χ1n) is 5.70. The Kier molecular flexibility index (Phi) is 3.41. The highest BCUT2D eigenvalue weighted by molar-refractivity contribution is 5.68. The molecule has 0 aromatic carbocycles. The number of methoxy groups -OCH3 is 1. The van der Waals surface area contributed by atoms with E-state index in [1.807, 2.05) is 33.0 Å². The topological polar surface area (TPSA) is 59.9 Å². The standard InChI is InChI=1S/C13H16N4O/c1-8-9(2)13(14-3)17-16-11(8)12-10(18-4)6-5-7-15-12/h5-7H,1-4H3,(H,14,17). The zero-order chi connectivity index (χ0) is 13.1. The van der Waals surface area contributed by atoms with Crippen LogP contribution in [0.15, 0.2) is 18.3 Å². The van der Waals surface area contributed by atoms with Crippen molar-refractivity contribution in [2.45, 2.75) is 13.8 Å². The van der Waals surface area contributed by atoms with Crippen molar-refractivity contribution < 1.29 is 4.74 Å². The van der Waals surface area contributed by atoms with Gasteiger partial charge in [-0.15, -0.1) is 10.2 Å². The molecule has 0 unspecified atom stereocenters. The molecule has 5 heteroatoms. The number of anilines is 1. The summed E-state index contributed by atoms with van der Waals surface area (Å²) in [6, 6.07) is 3.70. The SMILES string of the molecule is CNc1nnc(-c2ncccc2OC)c(C)c1C. The predicted octanol–water partition coefficient (Wildman–Crippen LogP) is 2.21. The van der Waals surface area contributed by atoms with Crippen molar-refractivity contribution in [1.82, 2.24) is 15.2 Å². The number of pyridine rings is 1. The molecule has 0 fully saturated rings. The van der Waals surface area contributed by atoms with Gasteiger partial charge in [0.05, 0.1) is 7.11 Å². The van der Waals surface area contributed by atoms with Crippen LogP contribution in [0.3, 0.4) is 0 Å². The Hall–Kier alpha value is -2.17. The quantitative estimate of drug-likeness (QED) is 0.897. The predicted molar refractivity (Wildman–Crippen MR) is 70.8 cm³/mol. The maximum atomic E-state index is 5.31. The van der Waals surface area contributed by atoms with Crippen molar-refractivity contribution in [3.05, 3.63) is 29.5 Å². The summed E-state index contributed by atoms with van der Waals surface area (Å²) in [5, 5.41) is 11.4. The second kappa shape index (κ2) is 5.00. The van der Waals surface area contributed by atoms with Crippen LogP contribution >= 0.6 is 0 Å². The van der Waals surface area contributed by atoms with Gasteiger partial charge in [0.2, 0.25) is 0 Å². The summed E-state index contributed by atoms with van der Waals surface area (Å²) in [6.45, 7) is 4.02. The molecule has 0 radical (unpaired) electrons. The van der Waals surface area contributed by atoms with Crippen LogP contribution in [-0.4, -0.2) is 29.3 Å². The van der Waals surface area contributed by atoms with Crippen molar-refractivity contribution in [3.63, 3.8) is 0 Å². The summed E-state index contributed by atoms with van der Waals surface area (Å²) >= 11 is 0. The molecule has 18 heavy (non-hydrogen) atoms. The molecule has 2 aromatic rings. The molecular weight excluding hydrogens is 228 g/mol. The number of nitrogens with one attached hydrogen (secondary N) is 1. The maximum absolute atomic E-state index is 5.31. The fraction of sp³-hybridized carbons (Fsp3) is 0.308. The second-order valence-electron chi connectivity index (χ2n) is 3.95. The van der Waals surface area contributed by atoms with Crippen molar-refractivity contribution in [3.8, 4) is 17.1 Å². The third-order valence-corrected chi connectivity index (χ3v) is 2.97. The molecule has 0 aliphatic rings. The van der Waals surface area contributed by atoms with E-state index in [0.717, 1.165) is 28.3 Å². The van der Waals surface area contributed by atoms with E-state index in [0.29, 0.717) is 5.75 Å². The van der Waals surface area contributed by atoms with Crippen LogP contribution in [0.25, 0.3) is 11.4 Å². The van der Waals surface area contributed by atoms with Crippen LogP contribution < -0.4 is 10.1 Å². The molecule has 0 atom stereocenters. The largest absolute Gasteiger partial charge is 0.494 e. The van der Waals surface area contributed by atoms with E-state index < -0.39 is 0 Å². The fourth-order valence-electron chi connectivity index (χ4n) is 1.80. The highest BCUT2D eigenvalue weighted by atomic mass is 16.5. The third kappa shape index (κ3) is 1.99. The van der Waals surface area contributed by atoms with Crippen molar-refractivity contribution in [2.24, 2.45) is 0 Å². The maximum Gasteiger partial charge on any atom is 0.151 e. The van der Waals surface area contributed by atoms with Gasteiger partial charge in [0.25, 0.3) is 0 Å². The zero-order valence-corrected chi connectivity index (χ0v) is 11.0. The Bertz CT molecular complexity index is 569. The van der Waals surface area contributed by atoms with Gasteiger partial charge in [-0.1, -0.05) is 0 Å². The number of hydrogen-bond donors (Lipinski definition) is 1. The molecule has 2 rings (SSSR count). The highest BCUT2D eigenvalue weighted by Gasteiger charge is 2.15. The van der Waals surface area contributed by atoms with Gasteiger partial charge >= 0.3 is 0 Å². The smallest absolute Gasteiger partial charge is 0.151 e. The summed E-state index contributed by atoms with van der Waals surface area (Å²) < 4.78 is 5.31. The lowest BCUT2D eigenvalue weighted by atomic mass is 10.1. The Labute approximate surface area is 106 Å². The number of nitrogens with zero attached hydrogens (tertiary/aromatic N) is 3. The third-order valence-electron chi connectivity index (χ3n) is 2.97. The van der Waals surface area contributed by atoms with Gasteiger partial charge in [0.1, 0.15) is 17.1 Å². The minimum atomic E-state index is 0.700. The summed E-state index contributed by atoms with van der Waals surface area (Å²) in [4.78, 5) is 4.33. The van der Waals surface area contributed by atoms with Crippen LogP contribution in [0.4, 0.5) is 5.82 Å². The Morgan fingerprint density at radius 3 is 2.56 bits per heavy atom. The lowest BCUT2D eigenvalue weighted by Crippen LogP contribution is -2.04.